The van der Waals surface area contributed by atoms with Crippen LogP contribution in [-0.4, -0.2) is 24.0 Å². The van der Waals surface area contributed by atoms with Gasteiger partial charge in [-0.2, -0.15) is 0 Å². The summed E-state index contributed by atoms with van der Waals surface area (Å²) in [6, 6.07) is 8.37. The molecule has 0 radical (unpaired) electrons. The number of nitrogens with zero attached hydrogens (tertiary/aromatic N) is 1. The number of nitrogens with two attached hydrogens (primary N) is 1. The van der Waals surface area contributed by atoms with Gasteiger partial charge in [-0.15, -0.1) is 0 Å². The summed E-state index contributed by atoms with van der Waals surface area (Å²) >= 11 is 5.93. The van der Waals surface area contributed by atoms with Crippen molar-refractivity contribution in [2.45, 2.75) is 39.3 Å². The third kappa shape index (κ3) is 3.05. The number of hydrogen-bond donors (Lipinski definition) is 1. The van der Waals surface area contributed by atoms with E-state index < -0.39 is 0 Å². The molecule has 2 N–H and O–H groups in total. The molecule has 102 valence electrons. The molecule has 0 saturated carbocycles. The first-order chi connectivity index (χ1) is 8.32. The monoisotopic (exact) mass is 268 g/mol. The van der Waals surface area contributed by atoms with E-state index in [1.54, 1.807) is 0 Å². The molecule has 0 bridgehead atoms. The summed E-state index contributed by atoms with van der Waals surface area (Å²) in [7, 11) is 2.14. The highest BCUT2D eigenvalue weighted by Crippen LogP contribution is 2.31. The number of rotatable bonds is 5. The molecule has 18 heavy (non-hydrogen) atoms. The molecule has 2 nitrogen and oxygen atoms in total. The average molecular weight is 269 g/mol. The minimum Gasteiger partial charge on any atom is -0.329 e. The molecule has 0 aliphatic heterocycles. The molecule has 0 aliphatic carbocycles. The Morgan fingerprint density at radius 3 is 2.11 bits per heavy atom. The van der Waals surface area contributed by atoms with Crippen molar-refractivity contribution in [3.63, 3.8) is 0 Å². The lowest BCUT2D eigenvalue weighted by atomic mass is 9.85. The van der Waals surface area contributed by atoms with Crippen molar-refractivity contribution in [1.82, 2.24) is 4.90 Å². The standard InChI is InChI=1S/C15H25ClN2/c1-11(2)15(4,10-17)18(5)12(3)13-6-8-14(16)9-7-13/h6-9,11-12H,10,17H2,1-5H3. The van der Waals surface area contributed by atoms with Crippen molar-refractivity contribution < 1.29 is 0 Å². The average Bonchev–Trinajstić information content (AvgIpc) is 2.36. The molecule has 2 unspecified atom stereocenters. The number of benzene rings is 1. The van der Waals surface area contributed by atoms with E-state index in [0.29, 0.717) is 18.5 Å². The zero-order valence-electron chi connectivity index (χ0n) is 12.1. The molecular weight excluding hydrogens is 244 g/mol. The van der Waals surface area contributed by atoms with Gasteiger partial charge >= 0.3 is 0 Å². The number of likely N-dealkylation sites (N-methyl/N-ethyl adjacent to an activating group) is 1. The quantitative estimate of drug-likeness (QED) is 0.882. The molecule has 0 spiro atoms. The summed E-state index contributed by atoms with van der Waals surface area (Å²) in [6.45, 7) is 9.53. The van der Waals surface area contributed by atoms with Crippen LogP contribution in [0.4, 0.5) is 0 Å². The molecule has 1 rings (SSSR count). The van der Waals surface area contributed by atoms with E-state index in [2.05, 4.69) is 51.8 Å². The van der Waals surface area contributed by atoms with Gasteiger partial charge in [-0.1, -0.05) is 37.6 Å². The predicted octanol–water partition coefficient (Wildman–Crippen LogP) is 3.71. The highest BCUT2D eigenvalue weighted by atomic mass is 35.5. The van der Waals surface area contributed by atoms with Gasteiger partial charge in [0.1, 0.15) is 0 Å². The van der Waals surface area contributed by atoms with Crippen LogP contribution in [0.15, 0.2) is 24.3 Å². The highest BCUT2D eigenvalue weighted by molar-refractivity contribution is 6.30. The molecule has 0 aliphatic rings. The van der Waals surface area contributed by atoms with Crippen LogP contribution in [0.3, 0.4) is 0 Å². The van der Waals surface area contributed by atoms with Crippen LogP contribution < -0.4 is 5.73 Å². The first-order valence-corrected chi connectivity index (χ1v) is 6.89. The van der Waals surface area contributed by atoms with Crippen molar-refractivity contribution >= 4 is 11.6 Å². The Hall–Kier alpha value is -0.570. The van der Waals surface area contributed by atoms with E-state index in [9.17, 15) is 0 Å². The lowest BCUT2D eigenvalue weighted by molar-refractivity contribution is 0.0588. The van der Waals surface area contributed by atoms with Crippen molar-refractivity contribution in [1.29, 1.82) is 0 Å². The minimum atomic E-state index is -0.000940. The van der Waals surface area contributed by atoms with Crippen LogP contribution in [0.2, 0.25) is 5.02 Å². The van der Waals surface area contributed by atoms with Crippen LogP contribution in [-0.2, 0) is 0 Å². The summed E-state index contributed by atoms with van der Waals surface area (Å²) in [5.74, 6) is 0.502. The molecule has 0 aromatic heterocycles. The van der Waals surface area contributed by atoms with Gasteiger partial charge in [0.2, 0.25) is 0 Å². The van der Waals surface area contributed by atoms with Crippen LogP contribution in [0, 0.1) is 5.92 Å². The van der Waals surface area contributed by atoms with Gasteiger partial charge in [-0.3, -0.25) is 4.90 Å². The predicted molar refractivity (Wildman–Crippen MR) is 79.9 cm³/mol. The summed E-state index contributed by atoms with van der Waals surface area (Å²) < 4.78 is 0. The van der Waals surface area contributed by atoms with E-state index in [-0.39, 0.29) is 5.54 Å². The van der Waals surface area contributed by atoms with Gasteiger partial charge in [-0.05, 0) is 44.5 Å². The zero-order valence-corrected chi connectivity index (χ0v) is 12.8. The van der Waals surface area contributed by atoms with E-state index in [1.165, 1.54) is 5.56 Å². The number of hydrogen-bond acceptors (Lipinski definition) is 2. The Kier molecular flexibility index (Phi) is 5.20. The second kappa shape index (κ2) is 6.05. The molecule has 0 fully saturated rings. The molecule has 1 aromatic rings. The van der Waals surface area contributed by atoms with Gasteiger partial charge in [0, 0.05) is 23.1 Å². The van der Waals surface area contributed by atoms with Gasteiger partial charge in [0.15, 0.2) is 0 Å². The Morgan fingerprint density at radius 2 is 1.72 bits per heavy atom. The summed E-state index contributed by atoms with van der Waals surface area (Å²) in [5.41, 5.74) is 7.25. The SMILES string of the molecule is CC(c1ccc(Cl)cc1)N(C)C(C)(CN)C(C)C. The summed E-state index contributed by atoms with van der Waals surface area (Å²) in [6.07, 6.45) is 0. The Labute approximate surface area is 116 Å². The normalized spacial score (nSPS) is 16.9. The molecule has 0 heterocycles. The molecular formula is C15H25ClN2. The second-order valence-corrected chi connectivity index (χ2v) is 5.99. The zero-order chi connectivity index (χ0) is 13.9. The van der Waals surface area contributed by atoms with Gasteiger partial charge in [-0.25, -0.2) is 0 Å². The van der Waals surface area contributed by atoms with Crippen molar-refractivity contribution in [3.8, 4) is 0 Å². The summed E-state index contributed by atoms with van der Waals surface area (Å²) in [5, 5.41) is 0.777. The molecule has 0 amide bonds. The van der Waals surface area contributed by atoms with Crippen LogP contribution in [0.5, 0.6) is 0 Å². The van der Waals surface area contributed by atoms with E-state index >= 15 is 0 Å². The molecule has 2 atom stereocenters. The lowest BCUT2D eigenvalue weighted by Crippen LogP contribution is -2.54. The van der Waals surface area contributed by atoms with Crippen LogP contribution >= 0.6 is 11.6 Å². The first kappa shape index (κ1) is 15.5. The maximum absolute atomic E-state index is 5.99. The third-order valence-electron chi connectivity index (χ3n) is 4.40. The third-order valence-corrected chi connectivity index (χ3v) is 4.65. The van der Waals surface area contributed by atoms with Crippen molar-refractivity contribution in [2.24, 2.45) is 11.7 Å². The smallest absolute Gasteiger partial charge is 0.0406 e. The van der Waals surface area contributed by atoms with E-state index in [4.69, 9.17) is 17.3 Å². The maximum atomic E-state index is 5.99. The van der Waals surface area contributed by atoms with Crippen molar-refractivity contribution in [3.05, 3.63) is 34.9 Å². The largest absolute Gasteiger partial charge is 0.329 e. The Bertz CT molecular complexity index is 375. The second-order valence-electron chi connectivity index (χ2n) is 5.55. The highest BCUT2D eigenvalue weighted by Gasteiger charge is 2.34. The molecule has 3 heteroatoms. The van der Waals surface area contributed by atoms with E-state index in [1.807, 2.05) is 12.1 Å². The number of halogens is 1. The fraction of sp³-hybridized carbons (Fsp3) is 0.600. The molecule has 1 aromatic carbocycles. The lowest BCUT2D eigenvalue weighted by Gasteiger charge is -2.45. The Balaban J connectivity index is 2.95. The van der Waals surface area contributed by atoms with Gasteiger partial charge in [0.25, 0.3) is 0 Å². The Morgan fingerprint density at radius 1 is 1.22 bits per heavy atom. The summed E-state index contributed by atoms with van der Waals surface area (Å²) in [4.78, 5) is 2.36. The fourth-order valence-corrected chi connectivity index (χ4v) is 2.32. The van der Waals surface area contributed by atoms with E-state index in [0.717, 1.165) is 5.02 Å². The first-order valence-electron chi connectivity index (χ1n) is 6.51. The van der Waals surface area contributed by atoms with Crippen molar-refractivity contribution in [2.75, 3.05) is 13.6 Å². The molecule has 0 saturated heterocycles. The van der Waals surface area contributed by atoms with Gasteiger partial charge in [0.05, 0.1) is 0 Å². The van der Waals surface area contributed by atoms with Crippen LogP contribution in [0.25, 0.3) is 0 Å². The van der Waals surface area contributed by atoms with Gasteiger partial charge < -0.3 is 5.73 Å². The minimum absolute atomic E-state index is 0.000940. The maximum Gasteiger partial charge on any atom is 0.0406 e. The topological polar surface area (TPSA) is 29.3 Å². The van der Waals surface area contributed by atoms with Crippen LogP contribution in [0.1, 0.15) is 39.3 Å². The fourth-order valence-electron chi connectivity index (χ4n) is 2.19.